The molecule has 1 heterocycles. The molecule has 0 aliphatic carbocycles. The number of unbranched alkanes of at least 4 members (excludes halogenated alkanes) is 42. The molecule has 1 aliphatic heterocycles. The van der Waals surface area contributed by atoms with Gasteiger partial charge in [0.25, 0.3) is 0 Å². The minimum absolute atomic E-state index is 0.125. The molecule has 93 heavy (non-hydrogen) atoms. The Bertz CT molecular complexity index is 1840. The van der Waals surface area contributed by atoms with E-state index in [-0.39, 0.29) is 19.4 Å². The van der Waals surface area contributed by atoms with Crippen LogP contribution in [-0.4, -0.2) is 99.6 Å². The fourth-order valence-corrected chi connectivity index (χ4v) is 12.2. The summed E-state index contributed by atoms with van der Waals surface area (Å²) in [5.41, 5.74) is 0. The quantitative estimate of drug-likeness (QED) is 0.0195. The van der Waals surface area contributed by atoms with Crippen LogP contribution in [-0.2, 0) is 23.8 Å². The predicted octanol–water partition coefficient (Wildman–Crippen LogP) is 21.2. The van der Waals surface area contributed by atoms with Crippen LogP contribution >= 0.6 is 0 Å². The zero-order valence-electron chi connectivity index (χ0n) is 60.4. The van der Waals surface area contributed by atoms with Crippen molar-refractivity contribution >= 4 is 11.9 Å². The molecule has 1 saturated heterocycles. The van der Waals surface area contributed by atoms with Gasteiger partial charge in [-0.1, -0.05) is 363 Å². The molecule has 8 unspecified atom stereocenters. The van der Waals surface area contributed by atoms with Gasteiger partial charge in [-0.25, -0.2) is 0 Å². The maximum atomic E-state index is 13.5. The Morgan fingerprint density at radius 1 is 0.430 bits per heavy atom. The summed E-state index contributed by atoms with van der Waals surface area (Å²) >= 11 is 0. The molecule has 6 N–H and O–H groups in total. The van der Waals surface area contributed by atoms with E-state index in [2.05, 4.69) is 99.0 Å². The summed E-state index contributed by atoms with van der Waals surface area (Å²) in [5.74, 6) is -1.19. The number of carbonyl (C=O) groups is 2. The van der Waals surface area contributed by atoms with E-state index in [0.717, 1.165) is 116 Å². The minimum atomic E-state index is -1.62. The maximum absolute atomic E-state index is 13.5. The predicted molar refractivity (Wildman–Crippen MR) is 393 cm³/mol. The second-order valence-corrected chi connectivity index (χ2v) is 27.1. The van der Waals surface area contributed by atoms with Crippen LogP contribution in [0.25, 0.3) is 0 Å². The van der Waals surface area contributed by atoms with Gasteiger partial charge in [-0.3, -0.25) is 9.59 Å². The Hall–Kier alpha value is -3.16. The molecule has 8 atom stereocenters. The first-order valence-electron chi connectivity index (χ1n) is 39.4. The zero-order chi connectivity index (χ0) is 67.4. The summed E-state index contributed by atoms with van der Waals surface area (Å²) in [6.45, 7) is 5.72. The number of allylic oxidation sites excluding steroid dienone is 13. The number of hydrogen-bond acceptors (Lipinski definition) is 10. The monoisotopic (exact) mass is 1310 g/mol. The Kier molecular flexibility index (Phi) is 65.0. The fraction of sp³-hybridized carbons (Fsp3) is 0.805. The SMILES string of the molecule is CC/C=C\C/C=C\C/C=C\C/C=C\C/C=C\C/C=C\CCCCCCCCCC(O)C(=O)NC(COC1OC(CO)C(O)C(O)C1OC(=O)CCCCCCCCCCCCCCCCCCCCCCCCCCCCC)C(O)/C=C/CCCCCCCCCCC. The third-order valence-corrected chi connectivity index (χ3v) is 18.3. The van der Waals surface area contributed by atoms with Crippen LogP contribution in [0.15, 0.2) is 85.1 Å². The van der Waals surface area contributed by atoms with Crippen molar-refractivity contribution < 1.29 is 49.3 Å². The summed E-state index contributed by atoms with van der Waals surface area (Å²) in [4.78, 5) is 26.8. The molecule has 1 rings (SSSR count). The fourth-order valence-electron chi connectivity index (χ4n) is 12.2. The molecule has 11 heteroatoms. The number of carbonyl (C=O) groups excluding carboxylic acids is 2. The molecule has 0 aromatic carbocycles. The molecular weight excluding hydrogens is 1160 g/mol. The number of hydrogen-bond donors (Lipinski definition) is 6. The van der Waals surface area contributed by atoms with Gasteiger partial charge in [-0.2, -0.15) is 0 Å². The molecule has 0 aromatic rings. The van der Waals surface area contributed by atoms with Gasteiger partial charge in [0.1, 0.15) is 24.4 Å². The topological polar surface area (TPSA) is 175 Å². The van der Waals surface area contributed by atoms with E-state index in [0.29, 0.717) is 12.8 Å². The van der Waals surface area contributed by atoms with Crippen LogP contribution in [0.1, 0.15) is 361 Å². The average molecular weight is 1310 g/mol. The van der Waals surface area contributed by atoms with Crippen molar-refractivity contribution in [3.05, 3.63) is 85.1 Å². The molecule has 1 amide bonds. The van der Waals surface area contributed by atoms with Crippen LogP contribution in [0.2, 0.25) is 0 Å². The Labute approximate surface area is 572 Å². The first kappa shape index (κ1) is 87.9. The number of amides is 1. The largest absolute Gasteiger partial charge is 0.454 e. The summed E-state index contributed by atoms with van der Waals surface area (Å²) in [6, 6.07) is -1.03. The number of ether oxygens (including phenoxy) is 3. The van der Waals surface area contributed by atoms with Crippen molar-refractivity contribution in [3.63, 3.8) is 0 Å². The molecule has 0 aromatic heterocycles. The van der Waals surface area contributed by atoms with Crippen molar-refractivity contribution in [1.29, 1.82) is 0 Å². The zero-order valence-corrected chi connectivity index (χ0v) is 60.4. The molecule has 0 radical (unpaired) electrons. The molecule has 0 bridgehead atoms. The number of aliphatic hydroxyl groups excluding tert-OH is 5. The van der Waals surface area contributed by atoms with E-state index >= 15 is 0 Å². The van der Waals surface area contributed by atoms with Crippen LogP contribution < -0.4 is 5.32 Å². The highest BCUT2D eigenvalue weighted by Crippen LogP contribution is 2.27. The lowest BCUT2D eigenvalue weighted by atomic mass is 9.99. The van der Waals surface area contributed by atoms with Gasteiger partial charge >= 0.3 is 5.97 Å². The molecule has 0 spiro atoms. The first-order valence-corrected chi connectivity index (χ1v) is 39.4. The van der Waals surface area contributed by atoms with E-state index in [4.69, 9.17) is 14.2 Å². The van der Waals surface area contributed by atoms with E-state index in [1.54, 1.807) is 6.08 Å². The van der Waals surface area contributed by atoms with Crippen molar-refractivity contribution in [3.8, 4) is 0 Å². The summed E-state index contributed by atoms with van der Waals surface area (Å²) in [6.07, 6.45) is 82.2. The summed E-state index contributed by atoms with van der Waals surface area (Å²) in [7, 11) is 0. The van der Waals surface area contributed by atoms with Gasteiger partial charge in [0.05, 0.1) is 25.4 Å². The van der Waals surface area contributed by atoms with E-state index < -0.39 is 67.4 Å². The normalized spacial score (nSPS) is 18.3. The maximum Gasteiger partial charge on any atom is 0.306 e. The van der Waals surface area contributed by atoms with Gasteiger partial charge in [-0.05, 0) is 77.0 Å². The van der Waals surface area contributed by atoms with E-state index in [1.165, 1.54) is 199 Å². The molecule has 540 valence electrons. The third-order valence-electron chi connectivity index (χ3n) is 18.3. The average Bonchev–Trinajstić information content (AvgIpc) is 0.974. The Balaban J connectivity index is 2.49. The lowest BCUT2D eigenvalue weighted by Gasteiger charge is -2.41. The van der Waals surface area contributed by atoms with Crippen LogP contribution in [0.4, 0.5) is 0 Å². The number of nitrogens with one attached hydrogen (secondary N) is 1. The first-order chi connectivity index (χ1) is 45.7. The lowest BCUT2D eigenvalue weighted by Crippen LogP contribution is -2.61. The van der Waals surface area contributed by atoms with Crippen molar-refractivity contribution in [2.24, 2.45) is 0 Å². The van der Waals surface area contributed by atoms with Crippen LogP contribution in [0.3, 0.4) is 0 Å². The second kappa shape index (κ2) is 68.8. The Morgan fingerprint density at radius 3 is 1.16 bits per heavy atom. The lowest BCUT2D eigenvalue weighted by molar-refractivity contribution is -0.305. The molecule has 1 fully saturated rings. The Morgan fingerprint density at radius 2 is 0.774 bits per heavy atom. The smallest absolute Gasteiger partial charge is 0.306 e. The minimum Gasteiger partial charge on any atom is -0.454 e. The second-order valence-electron chi connectivity index (χ2n) is 27.1. The summed E-state index contributed by atoms with van der Waals surface area (Å²) < 4.78 is 17.7. The number of aliphatic hydroxyl groups is 5. The van der Waals surface area contributed by atoms with Gasteiger partial charge in [-0.15, -0.1) is 0 Å². The van der Waals surface area contributed by atoms with Crippen LogP contribution in [0, 0.1) is 0 Å². The van der Waals surface area contributed by atoms with Crippen molar-refractivity contribution in [1.82, 2.24) is 5.32 Å². The van der Waals surface area contributed by atoms with Gasteiger partial charge in [0.2, 0.25) is 5.91 Å². The van der Waals surface area contributed by atoms with E-state index in [9.17, 15) is 35.1 Å². The van der Waals surface area contributed by atoms with Crippen LogP contribution in [0.5, 0.6) is 0 Å². The highest BCUT2D eigenvalue weighted by Gasteiger charge is 2.47. The molecule has 11 nitrogen and oxygen atoms in total. The van der Waals surface area contributed by atoms with Gasteiger partial charge in [0, 0.05) is 6.42 Å². The van der Waals surface area contributed by atoms with Gasteiger partial charge < -0.3 is 45.1 Å². The number of rotatable bonds is 68. The van der Waals surface area contributed by atoms with Crippen molar-refractivity contribution in [2.45, 2.75) is 410 Å². The molecule has 0 saturated carbocycles. The third kappa shape index (κ3) is 55.5. The highest BCUT2D eigenvalue weighted by molar-refractivity contribution is 5.80. The van der Waals surface area contributed by atoms with Crippen molar-refractivity contribution in [2.75, 3.05) is 13.2 Å². The molecule has 1 aliphatic rings. The molecular formula is C82H147NO10. The standard InChI is InChI=1S/C82H147NO10/c1-4-7-10-13-16-19-22-24-26-28-30-32-34-36-38-40-42-44-46-48-50-52-55-58-61-64-67-70-77(87)93-80-79(89)78(88)76(71-84)92-82(80)91-72-73(74(85)68-65-62-59-56-53-21-18-15-12-9-6-3)83-81(90)75(86)69-66-63-60-57-54-51-49-47-45-43-41-39-37-35-33-31-29-27-25-23-20-17-14-11-8-5-2/h8,11,17,20,25,27,31,33,37,39,43,45,65,68,73-76,78-80,82,84-86,88-89H,4-7,9-10,12-16,18-19,21-24,26,28-30,32,34-36,38,40-42,44,46-64,66-67,69-72H2,1-3H3,(H,83,90)/b11-8-,20-17-,27-25-,33-31-,39-37-,45-43-,68-65+. The summed E-state index contributed by atoms with van der Waals surface area (Å²) in [5, 5.41) is 57.4. The highest BCUT2D eigenvalue weighted by atomic mass is 16.7. The van der Waals surface area contributed by atoms with E-state index in [1.807, 2.05) is 6.08 Å². The number of esters is 1. The van der Waals surface area contributed by atoms with Gasteiger partial charge in [0.15, 0.2) is 12.4 Å².